The molecule has 0 amide bonds. The molecular formula is C15H25N3O3. The molecule has 1 aromatic rings. The maximum absolute atomic E-state index is 11.7. The third-order valence-corrected chi connectivity index (χ3v) is 2.90. The van der Waals surface area contributed by atoms with Gasteiger partial charge in [0.15, 0.2) is 0 Å². The van der Waals surface area contributed by atoms with Gasteiger partial charge in [-0.25, -0.2) is 0 Å². The summed E-state index contributed by atoms with van der Waals surface area (Å²) in [6.07, 6.45) is 0. The van der Waals surface area contributed by atoms with E-state index in [-0.39, 0.29) is 12.6 Å². The zero-order valence-electron chi connectivity index (χ0n) is 12.5. The zero-order valence-corrected chi connectivity index (χ0v) is 12.5. The van der Waals surface area contributed by atoms with Crippen LogP contribution in [-0.4, -0.2) is 51.9 Å². The molecule has 0 saturated heterocycles. The Kier molecular flexibility index (Phi) is 9.39. The SMILES string of the molecule is COC(=O)C(COCc1ccccc1)NCCNCCN. The first-order chi connectivity index (χ1) is 10.3. The van der Waals surface area contributed by atoms with Gasteiger partial charge in [-0.05, 0) is 5.56 Å². The molecule has 0 aromatic heterocycles. The van der Waals surface area contributed by atoms with Crippen LogP contribution >= 0.6 is 0 Å². The molecule has 0 spiro atoms. The first-order valence-corrected chi connectivity index (χ1v) is 7.11. The highest BCUT2D eigenvalue weighted by Crippen LogP contribution is 2.01. The van der Waals surface area contributed by atoms with Gasteiger partial charge in [-0.3, -0.25) is 4.79 Å². The van der Waals surface area contributed by atoms with Gasteiger partial charge in [-0.15, -0.1) is 0 Å². The highest BCUT2D eigenvalue weighted by atomic mass is 16.5. The van der Waals surface area contributed by atoms with Crippen LogP contribution in [0.4, 0.5) is 0 Å². The van der Waals surface area contributed by atoms with Crippen LogP contribution in [0.3, 0.4) is 0 Å². The maximum atomic E-state index is 11.7. The Morgan fingerprint density at radius 2 is 2.00 bits per heavy atom. The number of nitrogens with one attached hydrogen (secondary N) is 2. The summed E-state index contributed by atoms with van der Waals surface area (Å²) in [4.78, 5) is 11.7. The highest BCUT2D eigenvalue weighted by Gasteiger charge is 2.18. The van der Waals surface area contributed by atoms with Gasteiger partial charge in [-0.2, -0.15) is 0 Å². The van der Waals surface area contributed by atoms with E-state index in [1.165, 1.54) is 7.11 Å². The Morgan fingerprint density at radius 3 is 2.67 bits per heavy atom. The molecule has 0 aliphatic carbocycles. The number of hydrogen-bond acceptors (Lipinski definition) is 6. The molecule has 21 heavy (non-hydrogen) atoms. The topological polar surface area (TPSA) is 85.6 Å². The number of benzene rings is 1. The summed E-state index contributed by atoms with van der Waals surface area (Å²) in [5, 5.41) is 6.26. The molecule has 0 aliphatic heterocycles. The fraction of sp³-hybridized carbons (Fsp3) is 0.533. The Labute approximate surface area is 126 Å². The quantitative estimate of drug-likeness (QED) is 0.390. The van der Waals surface area contributed by atoms with Crippen molar-refractivity contribution in [1.29, 1.82) is 0 Å². The third-order valence-electron chi connectivity index (χ3n) is 2.90. The molecule has 6 nitrogen and oxygen atoms in total. The molecule has 0 bridgehead atoms. The number of methoxy groups -OCH3 is 1. The van der Waals surface area contributed by atoms with Crippen LogP contribution in [-0.2, 0) is 20.9 Å². The van der Waals surface area contributed by atoms with Crippen molar-refractivity contribution in [2.24, 2.45) is 5.73 Å². The molecule has 118 valence electrons. The molecule has 1 atom stereocenters. The number of nitrogens with two attached hydrogens (primary N) is 1. The fourth-order valence-electron chi connectivity index (χ4n) is 1.78. The second-order valence-corrected chi connectivity index (χ2v) is 4.57. The lowest BCUT2D eigenvalue weighted by Crippen LogP contribution is -2.44. The maximum Gasteiger partial charge on any atom is 0.325 e. The summed E-state index contributed by atoms with van der Waals surface area (Å²) in [7, 11) is 1.38. The molecule has 1 rings (SSSR count). The van der Waals surface area contributed by atoms with Crippen molar-refractivity contribution in [3.63, 3.8) is 0 Å². The Hall–Kier alpha value is -1.47. The van der Waals surface area contributed by atoms with Gasteiger partial charge in [0, 0.05) is 26.2 Å². The Bertz CT molecular complexity index is 387. The molecule has 0 aliphatic rings. The van der Waals surface area contributed by atoms with E-state index in [2.05, 4.69) is 10.6 Å². The standard InChI is InChI=1S/C15H25N3O3/c1-20-15(19)14(18-10-9-17-8-7-16)12-21-11-13-5-3-2-4-6-13/h2-6,14,17-18H,7-12,16H2,1H3. The minimum atomic E-state index is -0.460. The minimum absolute atomic E-state index is 0.276. The molecule has 4 N–H and O–H groups in total. The number of carbonyl (C=O) groups excluding carboxylic acids is 1. The average Bonchev–Trinajstić information content (AvgIpc) is 2.53. The van der Waals surface area contributed by atoms with E-state index in [0.717, 1.165) is 18.7 Å². The van der Waals surface area contributed by atoms with Gasteiger partial charge in [0.25, 0.3) is 0 Å². The lowest BCUT2D eigenvalue weighted by molar-refractivity contribution is -0.144. The smallest absolute Gasteiger partial charge is 0.325 e. The van der Waals surface area contributed by atoms with E-state index in [1.807, 2.05) is 30.3 Å². The van der Waals surface area contributed by atoms with Crippen LogP contribution < -0.4 is 16.4 Å². The van der Waals surface area contributed by atoms with Crippen LogP contribution in [0, 0.1) is 0 Å². The van der Waals surface area contributed by atoms with Gasteiger partial charge in [0.05, 0.1) is 20.3 Å². The second-order valence-electron chi connectivity index (χ2n) is 4.57. The number of ether oxygens (including phenoxy) is 2. The zero-order chi connectivity index (χ0) is 15.3. The summed E-state index contributed by atoms with van der Waals surface area (Å²) in [6.45, 7) is 3.49. The molecule has 0 fully saturated rings. The average molecular weight is 295 g/mol. The summed E-state index contributed by atoms with van der Waals surface area (Å²) in [5.74, 6) is -0.318. The van der Waals surface area contributed by atoms with Crippen molar-refractivity contribution in [2.45, 2.75) is 12.6 Å². The van der Waals surface area contributed by atoms with Gasteiger partial charge in [0.1, 0.15) is 6.04 Å². The van der Waals surface area contributed by atoms with Gasteiger partial charge in [0.2, 0.25) is 0 Å². The van der Waals surface area contributed by atoms with Gasteiger partial charge >= 0.3 is 5.97 Å². The number of hydrogen-bond donors (Lipinski definition) is 3. The Morgan fingerprint density at radius 1 is 1.24 bits per heavy atom. The summed E-state index contributed by atoms with van der Waals surface area (Å²) in [5.41, 5.74) is 6.46. The van der Waals surface area contributed by atoms with Crippen LogP contribution in [0.25, 0.3) is 0 Å². The van der Waals surface area contributed by atoms with Crippen molar-refractivity contribution in [3.8, 4) is 0 Å². The van der Waals surface area contributed by atoms with Crippen molar-refractivity contribution >= 4 is 5.97 Å². The van der Waals surface area contributed by atoms with Crippen molar-refractivity contribution in [3.05, 3.63) is 35.9 Å². The van der Waals surface area contributed by atoms with Gasteiger partial charge in [-0.1, -0.05) is 30.3 Å². The Balaban J connectivity index is 2.27. The second kappa shape index (κ2) is 11.2. The number of carbonyl (C=O) groups is 1. The normalized spacial score (nSPS) is 12.1. The van der Waals surface area contributed by atoms with Gasteiger partial charge < -0.3 is 25.8 Å². The third kappa shape index (κ3) is 7.77. The largest absolute Gasteiger partial charge is 0.468 e. The molecule has 0 saturated carbocycles. The fourth-order valence-corrected chi connectivity index (χ4v) is 1.78. The van der Waals surface area contributed by atoms with Crippen LogP contribution in [0.15, 0.2) is 30.3 Å². The van der Waals surface area contributed by atoms with Crippen LogP contribution in [0.1, 0.15) is 5.56 Å². The molecule has 1 aromatic carbocycles. The van der Waals surface area contributed by atoms with E-state index in [1.54, 1.807) is 0 Å². The first-order valence-electron chi connectivity index (χ1n) is 7.11. The van der Waals surface area contributed by atoms with Crippen molar-refractivity contribution in [2.75, 3.05) is 39.9 Å². The van der Waals surface area contributed by atoms with Crippen molar-refractivity contribution in [1.82, 2.24) is 10.6 Å². The summed E-state index contributed by atoms with van der Waals surface area (Å²) < 4.78 is 10.4. The van der Waals surface area contributed by atoms with E-state index in [9.17, 15) is 4.79 Å². The van der Waals surface area contributed by atoms with E-state index < -0.39 is 6.04 Å². The molecular weight excluding hydrogens is 270 g/mol. The summed E-state index contributed by atoms with van der Waals surface area (Å²) in [6, 6.07) is 9.37. The predicted molar refractivity (Wildman–Crippen MR) is 81.8 cm³/mol. The lowest BCUT2D eigenvalue weighted by Gasteiger charge is -2.17. The van der Waals surface area contributed by atoms with Crippen molar-refractivity contribution < 1.29 is 14.3 Å². The number of rotatable bonds is 11. The summed E-state index contributed by atoms with van der Waals surface area (Å²) >= 11 is 0. The van der Waals surface area contributed by atoms with E-state index >= 15 is 0 Å². The van der Waals surface area contributed by atoms with E-state index in [4.69, 9.17) is 15.2 Å². The minimum Gasteiger partial charge on any atom is -0.468 e. The highest BCUT2D eigenvalue weighted by molar-refractivity contribution is 5.75. The molecule has 0 heterocycles. The predicted octanol–water partition coefficient (Wildman–Crippen LogP) is -0.117. The molecule has 6 heteroatoms. The molecule has 1 unspecified atom stereocenters. The first kappa shape index (κ1) is 17.6. The van der Waals surface area contributed by atoms with Crippen LogP contribution in [0.2, 0.25) is 0 Å². The number of esters is 1. The van der Waals surface area contributed by atoms with E-state index in [0.29, 0.717) is 19.7 Å². The van der Waals surface area contributed by atoms with Crippen LogP contribution in [0.5, 0.6) is 0 Å². The molecule has 0 radical (unpaired) electrons. The lowest BCUT2D eigenvalue weighted by atomic mass is 10.2. The monoisotopic (exact) mass is 295 g/mol.